The first kappa shape index (κ1) is 22.1. The van der Waals surface area contributed by atoms with Gasteiger partial charge in [-0.05, 0) is 25.0 Å². The highest BCUT2D eigenvalue weighted by Crippen LogP contribution is 2.46. The van der Waals surface area contributed by atoms with Gasteiger partial charge in [-0.1, -0.05) is 43.0 Å². The van der Waals surface area contributed by atoms with Crippen LogP contribution in [0.3, 0.4) is 0 Å². The zero-order valence-electron chi connectivity index (χ0n) is 16.5. The quantitative estimate of drug-likeness (QED) is 0.640. The van der Waals surface area contributed by atoms with Gasteiger partial charge >= 0.3 is 11.9 Å². The highest BCUT2D eigenvalue weighted by atomic mass is 35.5. The Morgan fingerprint density at radius 2 is 1.78 bits per heavy atom. The summed E-state index contributed by atoms with van der Waals surface area (Å²) in [6.07, 6.45) is -2.41. The monoisotopic (exact) mass is 470 g/mol. The maximum Gasteiger partial charge on any atom is 0.425 e. The fourth-order valence-corrected chi connectivity index (χ4v) is 4.51. The van der Waals surface area contributed by atoms with Crippen molar-refractivity contribution in [3.63, 3.8) is 0 Å². The van der Waals surface area contributed by atoms with E-state index in [2.05, 4.69) is 0 Å². The molecular formula is C20H18ClF3N4O4. The number of aromatic nitrogens is 2. The summed E-state index contributed by atoms with van der Waals surface area (Å²) in [5, 5.41) is 3.80. The van der Waals surface area contributed by atoms with Crippen LogP contribution < -0.4 is 21.9 Å². The lowest BCUT2D eigenvalue weighted by Crippen LogP contribution is -2.63. The van der Waals surface area contributed by atoms with Crippen LogP contribution in [0.5, 0.6) is 0 Å². The number of amides is 2. The number of fused-ring (bicyclic) bond motifs is 1. The van der Waals surface area contributed by atoms with Gasteiger partial charge in [-0.2, -0.15) is 13.2 Å². The van der Waals surface area contributed by atoms with E-state index in [1.807, 2.05) is 15.6 Å². The maximum atomic E-state index is 14.4. The van der Waals surface area contributed by atoms with Gasteiger partial charge in [0.25, 0.3) is 11.5 Å². The molecule has 1 saturated carbocycles. The van der Waals surface area contributed by atoms with Crippen LogP contribution in [0.4, 0.5) is 19.0 Å². The van der Waals surface area contributed by atoms with Gasteiger partial charge in [0, 0.05) is 5.92 Å². The third-order valence-corrected chi connectivity index (χ3v) is 6.18. The van der Waals surface area contributed by atoms with Crippen LogP contribution in [-0.4, -0.2) is 27.5 Å². The Kier molecular flexibility index (Phi) is 5.40. The molecule has 1 atom stereocenters. The lowest BCUT2D eigenvalue weighted by molar-refractivity contribution is -0.201. The Balaban J connectivity index is 1.94. The summed E-state index contributed by atoms with van der Waals surface area (Å²) >= 11 is 6.10. The number of H-pyrrole nitrogens is 1. The number of carbonyl (C=O) groups excluding carboxylic acids is 2. The van der Waals surface area contributed by atoms with E-state index in [1.54, 1.807) is 0 Å². The van der Waals surface area contributed by atoms with Gasteiger partial charge in [0.1, 0.15) is 11.4 Å². The summed E-state index contributed by atoms with van der Waals surface area (Å²) in [6.45, 7) is 0. The van der Waals surface area contributed by atoms with Gasteiger partial charge in [-0.25, -0.2) is 9.36 Å². The van der Waals surface area contributed by atoms with Crippen LogP contribution >= 0.6 is 11.6 Å². The number of halogens is 4. The minimum Gasteiger partial charge on any atom is -0.330 e. The van der Waals surface area contributed by atoms with E-state index < -0.39 is 52.1 Å². The number of carbonyl (C=O) groups is 2. The third kappa shape index (κ3) is 3.31. The van der Waals surface area contributed by atoms with E-state index in [4.69, 9.17) is 11.6 Å². The molecule has 170 valence electrons. The zero-order chi connectivity index (χ0) is 23.3. The first-order chi connectivity index (χ1) is 15.1. The summed E-state index contributed by atoms with van der Waals surface area (Å²) < 4.78 is 44.0. The van der Waals surface area contributed by atoms with E-state index >= 15 is 0 Å². The molecule has 0 spiro atoms. The molecular weight excluding hydrogens is 453 g/mol. The van der Waals surface area contributed by atoms with Crippen molar-refractivity contribution in [3.05, 3.63) is 55.7 Å². The summed E-state index contributed by atoms with van der Waals surface area (Å²) in [5.74, 6) is -4.06. The highest BCUT2D eigenvalue weighted by Gasteiger charge is 2.68. The van der Waals surface area contributed by atoms with Crippen molar-refractivity contribution in [2.24, 2.45) is 5.92 Å². The number of hydrogen-bond donors (Lipinski definition) is 3. The molecule has 12 heteroatoms. The molecule has 2 aliphatic rings. The SMILES string of the molecule is O=C(N[C@@]1(C(F)(F)F)C(=O)Nc2c1c(=O)[nH]c(=O)n2-c1ccccc1Cl)C1CCCCC1. The molecule has 0 saturated heterocycles. The average Bonchev–Trinajstić information content (AvgIpc) is 3.03. The molecule has 32 heavy (non-hydrogen) atoms. The van der Waals surface area contributed by atoms with Crippen LogP contribution in [0.1, 0.15) is 37.7 Å². The van der Waals surface area contributed by atoms with Crippen LogP contribution in [0.15, 0.2) is 33.9 Å². The number of nitrogens with one attached hydrogen (secondary N) is 3. The molecule has 1 aliphatic carbocycles. The van der Waals surface area contributed by atoms with E-state index in [0.29, 0.717) is 30.3 Å². The number of rotatable bonds is 3. The average molecular weight is 471 g/mol. The largest absolute Gasteiger partial charge is 0.425 e. The first-order valence-corrected chi connectivity index (χ1v) is 10.3. The van der Waals surface area contributed by atoms with E-state index in [1.165, 1.54) is 24.3 Å². The molecule has 1 aliphatic heterocycles. The normalized spacial score (nSPS) is 21.2. The van der Waals surface area contributed by atoms with Crippen LogP contribution in [0.2, 0.25) is 5.02 Å². The van der Waals surface area contributed by atoms with Gasteiger partial charge in [0.15, 0.2) is 0 Å². The molecule has 2 heterocycles. The van der Waals surface area contributed by atoms with Gasteiger partial charge in [-0.15, -0.1) is 0 Å². The fourth-order valence-electron chi connectivity index (χ4n) is 4.29. The standard InChI is InChI=1S/C20H18ClF3N4O4/c21-11-8-4-5-9-12(11)28-14-13(16(30)26-18(28)32)19(17(31)25-14,20(22,23)24)27-15(29)10-6-2-1-3-7-10/h4-5,8-10H,1-3,6-7H2,(H,25,31)(H,27,29)(H,26,30,32)/t19-/m1/s1. The number of nitrogens with zero attached hydrogens (tertiary/aromatic N) is 1. The molecule has 0 radical (unpaired) electrons. The van der Waals surface area contributed by atoms with Crippen LogP contribution in [-0.2, 0) is 15.1 Å². The summed E-state index contributed by atoms with van der Waals surface area (Å²) in [5.41, 5.74) is -7.35. The third-order valence-electron chi connectivity index (χ3n) is 5.86. The lowest BCUT2D eigenvalue weighted by atomic mass is 9.86. The number of anilines is 1. The molecule has 1 fully saturated rings. The smallest absolute Gasteiger partial charge is 0.330 e. The van der Waals surface area contributed by atoms with Gasteiger partial charge < -0.3 is 10.6 Å². The molecule has 8 nitrogen and oxygen atoms in total. The molecule has 4 rings (SSSR count). The van der Waals surface area contributed by atoms with E-state index in [9.17, 15) is 32.3 Å². The molecule has 0 unspecified atom stereocenters. The predicted octanol–water partition coefficient (Wildman–Crippen LogP) is 2.59. The number of benzene rings is 1. The summed E-state index contributed by atoms with van der Waals surface area (Å²) in [6, 6.07) is 5.73. The van der Waals surface area contributed by atoms with Gasteiger partial charge in [0.05, 0.1) is 10.7 Å². The minimum absolute atomic E-state index is 0.00570. The van der Waals surface area contributed by atoms with E-state index in [0.717, 1.165) is 6.42 Å². The zero-order valence-corrected chi connectivity index (χ0v) is 17.3. The summed E-state index contributed by atoms with van der Waals surface area (Å²) in [4.78, 5) is 52.5. The second kappa shape index (κ2) is 7.80. The Bertz CT molecular complexity index is 1220. The van der Waals surface area contributed by atoms with Crippen LogP contribution in [0.25, 0.3) is 5.69 Å². The maximum absolute atomic E-state index is 14.4. The van der Waals surface area contributed by atoms with Gasteiger partial charge in [-0.3, -0.25) is 19.4 Å². The number of aromatic amines is 1. The second-order valence-electron chi connectivity index (χ2n) is 7.80. The Labute approximate surface area is 183 Å². The predicted molar refractivity (Wildman–Crippen MR) is 109 cm³/mol. The number of para-hydroxylation sites is 1. The Morgan fingerprint density at radius 1 is 1.12 bits per heavy atom. The van der Waals surface area contributed by atoms with Gasteiger partial charge in [0.2, 0.25) is 11.4 Å². The van der Waals surface area contributed by atoms with Crippen LogP contribution in [0, 0.1) is 5.92 Å². The Hall–Kier alpha value is -3.08. The fraction of sp³-hybridized carbons (Fsp3) is 0.400. The highest BCUT2D eigenvalue weighted by molar-refractivity contribution is 6.32. The number of hydrogen-bond acceptors (Lipinski definition) is 4. The lowest BCUT2D eigenvalue weighted by Gasteiger charge is -2.32. The van der Waals surface area contributed by atoms with Crippen molar-refractivity contribution in [1.29, 1.82) is 0 Å². The molecule has 1 aromatic heterocycles. The summed E-state index contributed by atoms with van der Waals surface area (Å²) in [7, 11) is 0. The van der Waals surface area contributed by atoms with Crippen molar-refractivity contribution in [2.75, 3.05) is 5.32 Å². The molecule has 2 amide bonds. The van der Waals surface area contributed by atoms with Crippen molar-refractivity contribution in [2.45, 2.75) is 43.8 Å². The Morgan fingerprint density at radius 3 is 2.41 bits per heavy atom. The second-order valence-corrected chi connectivity index (χ2v) is 8.20. The number of alkyl halides is 3. The van der Waals surface area contributed by atoms with Crippen molar-refractivity contribution < 1.29 is 22.8 Å². The minimum atomic E-state index is -5.37. The molecule has 1 aromatic carbocycles. The van der Waals surface area contributed by atoms with E-state index in [-0.39, 0.29) is 10.7 Å². The van der Waals surface area contributed by atoms with Crippen molar-refractivity contribution in [3.8, 4) is 5.69 Å². The first-order valence-electron chi connectivity index (χ1n) is 9.93. The molecule has 0 bridgehead atoms. The molecule has 3 N–H and O–H groups in total. The van der Waals surface area contributed by atoms with Crippen molar-refractivity contribution in [1.82, 2.24) is 14.9 Å². The molecule has 2 aromatic rings. The topological polar surface area (TPSA) is 113 Å². The van der Waals surface area contributed by atoms with Crippen molar-refractivity contribution >= 4 is 29.2 Å².